The van der Waals surface area contributed by atoms with Gasteiger partial charge in [-0.15, -0.1) is 0 Å². The van der Waals surface area contributed by atoms with Crippen molar-refractivity contribution < 1.29 is 27.8 Å². The van der Waals surface area contributed by atoms with Gasteiger partial charge in [0.25, 0.3) is 0 Å². The van der Waals surface area contributed by atoms with Crippen LogP contribution in [0, 0.1) is 0 Å². The van der Waals surface area contributed by atoms with E-state index in [1.54, 1.807) is 0 Å². The normalized spacial score (nSPS) is 22.1. The van der Waals surface area contributed by atoms with E-state index in [9.17, 15) is 18.0 Å². The Labute approximate surface area is 97.3 Å². The minimum absolute atomic E-state index is 0.249. The topological polar surface area (TPSA) is 49.8 Å². The Kier molecular flexibility index (Phi) is 5.04. The molecule has 0 saturated carbocycles. The van der Waals surface area contributed by atoms with Crippen LogP contribution in [0.2, 0.25) is 0 Å². The molecule has 1 unspecified atom stereocenters. The first kappa shape index (κ1) is 14.1. The van der Waals surface area contributed by atoms with Crippen LogP contribution in [0.5, 0.6) is 0 Å². The summed E-state index contributed by atoms with van der Waals surface area (Å²) in [6, 6.07) is -0.432. The molecule has 0 aromatic carbocycles. The van der Waals surface area contributed by atoms with Crippen molar-refractivity contribution in [2.45, 2.75) is 37.9 Å². The van der Waals surface area contributed by atoms with Crippen molar-refractivity contribution in [2.75, 3.05) is 19.8 Å². The van der Waals surface area contributed by atoms with Crippen LogP contribution in [0.1, 0.15) is 25.7 Å². The Balaban J connectivity index is 2.52. The van der Waals surface area contributed by atoms with Crippen LogP contribution in [0.15, 0.2) is 0 Å². The van der Waals surface area contributed by atoms with E-state index in [2.05, 4.69) is 4.74 Å². The predicted molar refractivity (Wildman–Crippen MR) is 53.5 cm³/mol. The fraction of sp³-hybridized carbons (Fsp3) is 0.900. The van der Waals surface area contributed by atoms with E-state index < -0.39 is 24.9 Å². The Morgan fingerprint density at radius 2 is 2.06 bits per heavy atom. The van der Waals surface area contributed by atoms with Crippen molar-refractivity contribution in [1.82, 2.24) is 4.90 Å². The second-order valence-electron chi connectivity index (χ2n) is 4.05. The first-order chi connectivity index (χ1) is 7.94. The molecule has 1 heterocycles. The van der Waals surface area contributed by atoms with Crippen molar-refractivity contribution in [3.63, 3.8) is 0 Å². The SMILES string of the molecule is O=C(OCC(F)(F)F)N1CCCCCC1CO. The van der Waals surface area contributed by atoms with Gasteiger partial charge in [-0.25, -0.2) is 4.79 Å². The first-order valence-corrected chi connectivity index (χ1v) is 5.55. The molecule has 0 aliphatic carbocycles. The van der Waals surface area contributed by atoms with Crippen molar-refractivity contribution in [3.8, 4) is 0 Å². The Hall–Kier alpha value is -0.980. The van der Waals surface area contributed by atoms with E-state index >= 15 is 0 Å². The lowest BCUT2D eigenvalue weighted by atomic mass is 10.1. The fourth-order valence-electron chi connectivity index (χ4n) is 1.83. The molecule has 0 bridgehead atoms. The van der Waals surface area contributed by atoms with Crippen LogP contribution in [-0.4, -0.2) is 48.1 Å². The number of likely N-dealkylation sites (tertiary alicyclic amines) is 1. The molecular weight excluding hydrogens is 239 g/mol. The third-order valence-corrected chi connectivity index (χ3v) is 2.68. The smallest absolute Gasteiger partial charge is 0.422 e. The van der Waals surface area contributed by atoms with Gasteiger partial charge in [0, 0.05) is 6.54 Å². The number of carbonyl (C=O) groups is 1. The van der Waals surface area contributed by atoms with E-state index in [1.807, 2.05) is 0 Å². The van der Waals surface area contributed by atoms with Crippen LogP contribution in [0.4, 0.5) is 18.0 Å². The molecule has 1 atom stereocenters. The summed E-state index contributed by atoms with van der Waals surface area (Å²) in [6.45, 7) is -1.50. The van der Waals surface area contributed by atoms with Crippen LogP contribution in [0.25, 0.3) is 0 Å². The third kappa shape index (κ3) is 4.80. The molecule has 1 aliphatic heterocycles. The first-order valence-electron chi connectivity index (χ1n) is 5.55. The number of amides is 1. The lowest BCUT2D eigenvalue weighted by Crippen LogP contribution is -2.43. The maximum Gasteiger partial charge on any atom is 0.422 e. The number of alkyl halides is 3. The summed E-state index contributed by atoms with van der Waals surface area (Å²) < 4.78 is 39.9. The molecule has 1 fully saturated rings. The molecule has 0 aromatic heterocycles. The van der Waals surface area contributed by atoms with E-state index in [0.29, 0.717) is 13.0 Å². The monoisotopic (exact) mass is 255 g/mol. The Morgan fingerprint density at radius 1 is 1.35 bits per heavy atom. The van der Waals surface area contributed by atoms with Crippen LogP contribution < -0.4 is 0 Å². The highest BCUT2D eigenvalue weighted by molar-refractivity contribution is 5.68. The van der Waals surface area contributed by atoms with Crippen molar-refractivity contribution in [1.29, 1.82) is 0 Å². The molecule has 0 spiro atoms. The van der Waals surface area contributed by atoms with E-state index in [1.165, 1.54) is 4.90 Å². The van der Waals surface area contributed by atoms with Crippen LogP contribution >= 0.6 is 0 Å². The zero-order valence-electron chi connectivity index (χ0n) is 9.37. The molecule has 7 heteroatoms. The van der Waals surface area contributed by atoms with Gasteiger partial charge in [-0.2, -0.15) is 13.2 Å². The van der Waals surface area contributed by atoms with E-state index in [0.717, 1.165) is 19.3 Å². The van der Waals surface area contributed by atoms with Crippen LogP contribution in [0.3, 0.4) is 0 Å². The molecule has 1 N–H and O–H groups in total. The number of rotatable bonds is 2. The van der Waals surface area contributed by atoms with Gasteiger partial charge in [-0.05, 0) is 12.8 Å². The van der Waals surface area contributed by atoms with Gasteiger partial charge < -0.3 is 14.7 Å². The molecule has 0 aromatic rings. The number of hydrogen-bond acceptors (Lipinski definition) is 3. The van der Waals surface area contributed by atoms with Gasteiger partial charge in [0.1, 0.15) is 0 Å². The molecule has 1 amide bonds. The highest BCUT2D eigenvalue weighted by Gasteiger charge is 2.32. The summed E-state index contributed by atoms with van der Waals surface area (Å²) in [5.74, 6) is 0. The zero-order valence-corrected chi connectivity index (χ0v) is 9.37. The Morgan fingerprint density at radius 3 is 2.65 bits per heavy atom. The maximum atomic E-state index is 11.9. The second-order valence-corrected chi connectivity index (χ2v) is 4.05. The van der Waals surface area contributed by atoms with Gasteiger partial charge in [0.2, 0.25) is 0 Å². The van der Waals surface area contributed by atoms with Crippen LogP contribution in [-0.2, 0) is 4.74 Å². The highest BCUT2D eigenvalue weighted by atomic mass is 19.4. The van der Waals surface area contributed by atoms with E-state index in [4.69, 9.17) is 5.11 Å². The standard InChI is InChI=1S/C10H16F3NO3/c11-10(12,13)7-17-9(16)14-5-3-1-2-4-8(14)6-15/h8,15H,1-7H2. The van der Waals surface area contributed by atoms with Gasteiger partial charge in [0.15, 0.2) is 6.61 Å². The number of ether oxygens (including phenoxy) is 1. The van der Waals surface area contributed by atoms with Gasteiger partial charge in [-0.1, -0.05) is 12.8 Å². The van der Waals surface area contributed by atoms with Crippen molar-refractivity contribution >= 4 is 6.09 Å². The summed E-state index contributed by atoms with van der Waals surface area (Å²) >= 11 is 0. The number of halogens is 3. The maximum absolute atomic E-state index is 11.9. The summed E-state index contributed by atoms with van der Waals surface area (Å²) in [6.07, 6.45) is -2.44. The van der Waals surface area contributed by atoms with E-state index in [-0.39, 0.29) is 6.61 Å². The largest absolute Gasteiger partial charge is 0.440 e. The number of nitrogens with zero attached hydrogens (tertiary/aromatic N) is 1. The van der Waals surface area contributed by atoms with Gasteiger partial charge in [-0.3, -0.25) is 0 Å². The minimum Gasteiger partial charge on any atom is -0.440 e. The van der Waals surface area contributed by atoms with Gasteiger partial charge in [0.05, 0.1) is 12.6 Å². The van der Waals surface area contributed by atoms with Crippen molar-refractivity contribution in [2.24, 2.45) is 0 Å². The molecule has 100 valence electrons. The molecule has 1 saturated heterocycles. The average Bonchev–Trinajstić information content (AvgIpc) is 2.49. The minimum atomic E-state index is -4.52. The quantitative estimate of drug-likeness (QED) is 0.820. The molecule has 17 heavy (non-hydrogen) atoms. The molecule has 1 rings (SSSR count). The lowest BCUT2D eigenvalue weighted by molar-refractivity contribution is -0.163. The predicted octanol–water partition coefficient (Wildman–Crippen LogP) is 1.92. The summed E-state index contributed by atoms with van der Waals surface area (Å²) in [5.41, 5.74) is 0. The number of carbonyl (C=O) groups excluding carboxylic acids is 1. The fourth-order valence-corrected chi connectivity index (χ4v) is 1.83. The summed E-state index contributed by atoms with van der Waals surface area (Å²) in [5, 5.41) is 9.09. The number of aliphatic hydroxyl groups is 1. The van der Waals surface area contributed by atoms with Crippen molar-refractivity contribution in [3.05, 3.63) is 0 Å². The number of aliphatic hydroxyl groups excluding tert-OH is 1. The molecule has 4 nitrogen and oxygen atoms in total. The highest BCUT2D eigenvalue weighted by Crippen LogP contribution is 2.19. The molecule has 1 aliphatic rings. The molecular formula is C10H16F3NO3. The Bertz CT molecular complexity index is 258. The van der Waals surface area contributed by atoms with Gasteiger partial charge >= 0.3 is 12.3 Å². The lowest BCUT2D eigenvalue weighted by Gasteiger charge is -2.27. The number of hydrogen-bond donors (Lipinski definition) is 1. The second kappa shape index (κ2) is 6.09. The molecule has 0 radical (unpaired) electrons. The average molecular weight is 255 g/mol. The summed E-state index contributed by atoms with van der Waals surface area (Å²) in [4.78, 5) is 12.7. The third-order valence-electron chi connectivity index (χ3n) is 2.68. The zero-order chi connectivity index (χ0) is 12.9. The summed E-state index contributed by atoms with van der Waals surface area (Å²) in [7, 11) is 0.